The minimum Gasteiger partial charge on any atom is -0.491 e. The SMILES string of the molecule is Cn1cc(C#N)cc1C(=O)NCC(O)COc1ccc(F)c(F)c1. The number of amides is 1. The van der Waals surface area contributed by atoms with E-state index < -0.39 is 23.6 Å². The second kappa shape index (κ2) is 7.57. The molecule has 1 atom stereocenters. The van der Waals surface area contributed by atoms with E-state index in [4.69, 9.17) is 10.00 Å². The maximum atomic E-state index is 13.0. The highest BCUT2D eigenvalue weighted by Crippen LogP contribution is 2.15. The molecule has 2 rings (SSSR count). The van der Waals surface area contributed by atoms with Gasteiger partial charge >= 0.3 is 0 Å². The number of hydrogen-bond donors (Lipinski definition) is 2. The van der Waals surface area contributed by atoms with Gasteiger partial charge in [0.05, 0.1) is 5.56 Å². The van der Waals surface area contributed by atoms with Crippen LogP contribution in [0.25, 0.3) is 0 Å². The van der Waals surface area contributed by atoms with Gasteiger partial charge in [-0.1, -0.05) is 0 Å². The van der Waals surface area contributed by atoms with Crippen LogP contribution in [0.4, 0.5) is 8.78 Å². The largest absolute Gasteiger partial charge is 0.491 e. The first-order valence-electron chi connectivity index (χ1n) is 7.01. The number of hydrogen-bond acceptors (Lipinski definition) is 4. The predicted molar refractivity (Wildman–Crippen MR) is 80.3 cm³/mol. The Kier molecular flexibility index (Phi) is 5.50. The number of aliphatic hydroxyl groups is 1. The number of carbonyl (C=O) groups is 1. The van der Waals surface area contributed by atoms with E-state index in [2.05, 4.69) is 5.32 Å². The highest BCUT2D eigenvalue weighted by atomic mass is 19.2. The predicted octanol–water partition coefficient (Wildman–Crippen LogP) is 1.34. The summed E-state index contributed by atoms with van der Waals surface area (Å²) in [6.07, 6.45) is 0.468. The molecule has 2 aromatic rings. The Bertz CT molecular complexity index is 783. The first-order chi connectivity index (χ1) is 11.4. The molecule has 2 N–H and O–H groups in total. The smallest absolute Gasteiger partial charge is 0.268 e. The number of halogens is 2. The standard InChI is InChI=1S/C16H15F2N3O3/c1-21-8-10(6-19)4-15(21)16(23)20-7-11(22)9-24-12-2-3-13(17)14(18)5-12/h2-5,8,11,22H,7,9H2,1H3,(H,20,23). The Morgan fingerprint density at radius 3 is 2.79 bits per heavy atom. The second-order valence-corrected chi connectivity index (χ2v) is 5.09. The van der Waals surface area contributed by atoms with E-state index in [0.717, 1.165) is 12.1 Å². The molecule has 1 aromatic carbocycles. The molecule has 0 saturated heterocycles. The van der Waals surface area contributed by atoms with Gasteiger partial charge in [0.2, 0.25) is 0 Å². The quantitative estimate of drug-likeness (QED) is 0.834. The summed E-state index contributed by atoms with van der Waals surface area (Å²) in [4.78, 5) is 12.0. The molecule has 0 aliphatic heterocycles. The van der Waals surface area contributed by atoms with Crippen molar-refractivity contribution in [3.63, 3.8) is 0 Å². The zero-order valence-corrected chi connectivity index (χ0v) is 12.8. The van der Waals surface area contributed by atoms with Crippen molar-refractivity contribution >= 4 is 5.91 Å². The van der Waals surface area contributed by atoms with Crippen molar-refractivity contribution in [3.8, 4) is 11.8 Å². The lowest BCUT2D eigenvalue weighted by Crippen LogP contribution is -2.36. The molecule has 24 heavy (non-hydrogen) atoms. The molecule has 1 unspecified atom stereocenters. The number of nitriles is 1. The molecular formula is C16H15F2N3O3. The fraction of sp³-hybridized carbons (Fsp3) is 0.250. The summed E-state index contributed by atoms with van der Waals surface area (Å²) in [5.74, 6) is -2.42. The molecular weight excluding hydrogens is 320 g/mol. The van der Waals surface area contributed by atoms with Gasteiger partial charge in [0, 0.05) is 25.9 Å². The summed E-state index contributed by atoms with van der Waals surface area (Å²) in [6, 6.07) is 6.38. The van der Waals surface area contributed by atoms with E-state index in [-0.39, 0.29) is 24.6 Å². The first kappa shape index (κ1) is 17.4. The number of ether oxygens (including phenoxy) is 1. The Morgan fingerprint density at radius 1 is 1.42 bits per heavy atom. The van der Waals surface area contributed by atoms with Crippen LogP contribution in [0.5, 0.6) is 5.75 Å². The van der Waals surface area contributed by atoms with Crippen LogP contribution in [0.1, 0.15) is 16.1 Å². The third-order valence-electron chi connectivity index (χ3n) is 3.20. The maximum Gasteiger partial charge on any atom is 0.268 e. The van der Waals surface area contributed by atoms with E-state index in [1.165, 1.54) is 22.9 Å². The van der Waals surface area contributed by atoms with Gasteiger partial charge in [-0.2, -0.15) is 5.26 Å². The molecule has 6 nitrogen and oxygen atoms in total. The van der Waals surface area contributed by atoms with Crippen LogP contribution in [0.3, 0.4) is 0 Å². The topological polar surface area (TPSA) is 87.3 Å². The lowest BCUT2D eigenvalue weighted by Gasteiger charge is -2.13. The summed E-state index contributed by atoms with van der Waals surface area (Å²) in [5.41, 5.74) is 0.630. The van der Waals surface area contributed by atoms with Crippen LogP contribution >= 0.6 is 0 Å². The molecule has 1 amide bonds. The molecule has 0 radical (unpaired) electrons. The maximum absolute atomic E-state index is 13.0. The Labute approximate surface area is 136 Å². The van der Waals surface area contributed by atoms with E-state index >= 15 is 0 Å². The average Bonchev–Trinajstić information content (AvgIpc) is 2.94. The summed E-state index contributed by atoms with van der Waals surface area (Å²) < 4.78 is 32.4. The molecule has 0 aliphatic carbocycles. The third kappa shape index (κ3) is 4.30. The van der Waals surface area contributed by atoms with Crippen LogP contribution in [0.15, 0.2) is 30.5 Å². The lowest BCUT2D eigenvalue weighted by molar-refractivity contribution is 0.0836. The normalized spacial score (nSPS) is 11.6. The Morgan fingerprint density at radius 2 is 2.17 bits per heavy atom. The van der Waals surface area contributed by atoms with Crippen molar-refractivity contribution < 1.29 is 23.4 Å². The van der Waals surface area contributed by atoms with Gasteiger partial charge in [0.1, 0.15) is 30.2 Å². The molecule has 0 saturated carbocycles. The number of aryl methyl sites for hydroxylation is 1. The van der Waals surface area contributed by atoms with E-state index in [1.807, 2.05) is 6.07 Å². The molecule has 0 fully saturated rings. The molecule has 1 heterocycles. The van der Waals surface area contributed by atoms with Crippen molar-refractivity contribution in [3.05, 3.63) is 53.4 Å². The van der Waals surface area contributed by atoms with Crippen molar-refractivity contribution in [2.75, 3.05) is 13.2 Å². The molecule has 1 aromatic heterocycles. The number of aliphatic hydroxyl groups excluding tert-OH is 1. The van der Waals surface area contributed by atoms with Gasteiger partial charge in [-0.15, -0.1) is 0 Å². The lowest BCUT2D eigenvalue weighted by atomic mass is 10.3. The fourth-order valence-electron chi connectivity index (χ4n) is 1.97. The van der Waals surface area contributed by atoms with E-state index in [1.54, 1.807) is 7.05 Å². The molecule has 8 heteroatoms. The summed E-state index contributed by atoms with van der Waals surface area (Å²) in [6.45, 7) is -0.308. The Balaban J connectivity index is 1.83. The van der Waals surface area contributed by atoms with Crippen LogP contribution in [-0.4, -0.2) is 34.8 Å². The van der Waals surface area contributed by atoms with Gasteiger partial charge in [-0.3, -0.25) is 4.79 Å². The van der Waals surface area contributed by atoms with Crippen LogP contribution in [-0.2, 0) is 7.05 Å². The number of nitrogens with zero attached hydrogens (tertiary/aromatic N) is 2. The van der Waals surface area contributed by atoms with Crippen molar-refractivity contribution in [1.82, 2.24) is 9.88 Å². The number of benzene rings is 1. The zero-order chi connectivity index (χ0) is 17.7. The fourth-order valence-corrected chi connectivity index (χ4v) is 1.97. The monoisotopic (exact) mass is 335 g/mol. The van der Waals surface area contributed by atoms with Gasteiger partial charge in [-0.25, -0.2) is 8.78 Å². The minimum absolute atomic E-state index is 0.0698. The van der Waals surface area contributed by atoms with E-state index in [0.29, 0.717) is 5.56 Å². The Hall–Kier alpha value is -2.92. The van der Waals surface area contributed by atoms with Crippen molar-refractivity contribution in [2.24, 2.45) is 7.05 Å². The highest BCUT2D eigenvalue weighted by molar-refractivity contribution is 5.93. The van der Waals surface area contributed by atoms with Crippen LogP contribution in [0, 0.1) is 23.0 Å². The molecule has 126 valence electrons. The van der Waals surface area contributed by atoms with Gasteiger partial charge in [0.15, 0.2) is 11.6 Å². The first-order valence-corrected chi connectivity index (χ1v) is 7.01. The van der Waals surface area contributed by atoms with Crippen molar-refractivity contribution in [1.29, 1.82) is 5.26 Å². The second-order valence-electron chi connectivity index (χ2n) is 5.09. The minimum atomic E-state index is -1.05. The number of aromatic nitrogens is 1. The van der Waals surface area contributed by atoms with Crippen molar-refractivity contribution in [2.45, 2.75) is 6.10 Å². The number of nitrogens with one attached hydrogen (secondary N) is 1. The van der Waals surface area contributed by atoms with Gasteiger partial charge < -0.3 is 19.7 Å². The summed E-state index contributed by atoms with van der Waals surface area (Å²) >= 11 is 0. The highest BCUT2D eigenvalue weighted by Gasteiger charge is 2.14. The average molecular weight is 335 g/mol. The summed E-state index contributed by atoms with van der Waals surface area (Å²) in [7, 11) is 1.62. The molecule has 0 aliphatic rings. The van der Waals surface area contributed by atoms with Gasteiger partial charge in [0.25, 0.3) is 5.91 Å². The van der Waals surface area contributed by atoms with Crippen LogP contribution in [0.2, 0.25) is 0 Å². The number of rotatable bonds is 6. The number of carbonyl (C=O) groups excluding carboxylic acids is 1. The summed E-state index contributed by atoms with van der Waals surface area (Å²) in [5, 5.41) is 21.1. The van der Waals surface area contributed by atoms with Gasteiger partial charge in [-0.05, 0) is 18.2 Å². The van der Waals surface area contributed by atoms with Crippen LogP contribution < -0.4 is 10.1 Å². The third-order valence-corrected chi connectivity index (χ3v) is 3.20. The van der Waals surface area contributed by atoms with E-state index in [9.17, 15) is 18.7 Å². The molecule has 0 spiro atoms. The zero-order valence-electron chi connectivity index (χ0n) is 12.8. The molecule has 0 bridgehead atoms.